The molecule has 0 saturated heterocycles. The molecule has 36 heavy (non-hydrogen) atoms. The lowest BCUT2D eigenvalue weighted by Gasteiger charge is -2.56. The molecule has 2 aromatic carbocycles. The van der Waals surface area contributed by atoms with Crippen LogP contribution in [0.15, 0.2) is 29.4 Å². The van der Waals surface area contributed by atoms with Crippen LogP contribution in [-0.4, -0.2) is 19.2 Å². The molecule has 1 N–H and O–H groups in total. The molecule has 2 aromatic rings. The van der Waals surface area contributed by atoms with Crippen LogP contribution >= 0.6 is 0 Å². The minimum Gasteiger partial charge on any atom is -0.496 e. The summed E-state index contributed by atoms with van der Waals surface area (Å²) in [6.45, 7) is -0.417. The van der Waals surface area contributed by atoms with Crippen molar-refractivity contribution in [3.05, 3.63) is 58.7 Å². The molecule has 0 spiro atoms. The third kappa shape index (κ3) is 4.92. The molecule has 4 fully saturated rings. The quantitative estimate of drug-likeness (QED) is 0.211. The number of carbonyl (C=O) groups is 1. The standard InChI is InChI=1S/C27H28F4N2O3/c1-35-22-3-2-15(7-19(22)14-36-26-24(30)20(28)8-21(29)25(26)31)13-32-33-23(34)12-27-9-16-4-17(10-27)6-18(5-16)11-27/h2-3,7-8,13,16-18H,4-6,9-12,14H2,1H3,(H,33,34). The van der Waals surface area contributed by atoms with Gasteiger partial charge in [-0.1, -0.05) is 0 Å². The largest absolute Gasteiger partial charge is 0.496 e. The minimum atomic E-state index is -1.62. The van der Waals surface area contributed by atoms with Crippen molar-refractivity contribution in [3.63, 3.8) is 0 Å². The van der Waals surface area contributed by atoms with Crippen molar-refractivity contribution in [1.29, 1.82) is 0 Å². The number of amides is 1. The summed E-state index contributed by atoms with van der Waals surface area (Å²) in [5.41, 5.74) is 3.67. The smallest absolute Gasteiger partial charge is 0.240 e. The number of ether oxygens (including phenoxy) is 2. The van der Waals surface area contributed by atoms with Gasteiger partial charge in [0.05, 0.1) is 13.3 Å². The maximum absolute atomic E-state index is 13.9. The maximum atomic E-state index is 13.9. The molecule has 0 radical (unpaired) electrons. The molecular weight excluding hydrogens is 476 g/mol. The highest BCUT2D eigenvalue weighted by atomic mass is 19.2. The zero-order valence-corrected chi connectivity index (χ0v) is 20.0. The van der Waals surface area contributed by atoms with E-state index in [9.17, 15) is 22.4 Å². The third-order valence-corrected chi connectivity index (χ3v) is 7.85. The molecule has 0 heterocycles. The minimum absolute atomic E-state index is 0.107. The molecule has 6 rings (SSSR count). The number of nitrogens with zero attached hydrogens (tertiary/aromatic N) is 1. The molecule has 0 atom stereocenters. The van der Waals surface area contributed by atoms with Crippen LogP contribution in [0.25, 0.3) is 0 Å². The van der Waals surface area contributed by atoms with Crippen molar-refractivity contribution in [3.8, 4) is 11.5 Å². The summed E-state index contributed by atoms with van der Waals surface area (Å²) in [6, 6.07) is 4.97. The van der Waals surface area contributed by atoms with Crippen molar-refractivity contribution >= 4 is 12.1 Å². The van der Waals surface area contributed by atoms with E-state index < -0.39 is 35.6 Å². The van der Waals surface area contributed by atoms with E-state index >= 15 is 0 Å². The number of carbonyl (C=O) groups excluding carboxylic acids is 1. The van der Waals surface area contributed by atoms with E-state index in [1.165, 1.54) is 32.6 Å². The summed E-state index contributed by atoms with van der Waals surface area (Å²) >= 11 is 0. The molecule has 9 heteroatoms. The summed E-state index contributed by atoms with van der Waals surface area (Å²) in [5.74, 6) is -4.97. The van der Waals surface area contributed by atoms with Crippen LogP contribution in [0.3, 0.4) is 0 Å². The third-order valence-electron chi connectivity index (χ3n) is 7.85. The van der Waals surface area contributed by atoms with Gasteiger partial charge in [-0.2, -0.15) is 13.9 Å². The predicted molar refractivity (Wildman–Crippen MR) is 125 cm³/mol. The first kappa shape index (κ1) is 24.6. The molecule has 0 aromatic heterocycles. The molecule has 5 nitrogen and oxygen atoms in total. The van der Waals surface area contributed by atoms with Crippen LogP contribution in [0.4, 0.5) is 17.6 Å². The van der Waals surface area contributed by atoms with Crippen molar-refractivity contribution in [1.82, 2.24) is 5.43 Å². The van der Waals surface area contributed by atoms with Gasteiger partial charge in [0.15, 0.2) is 17.4 Å². The second-order valence-corrected chi connectivity index (χ2v) is 10.5. The average molecular weight is 505 g/mol. The molecule has 4 aliphatic carbocycles. The van der Waals surface area contributed by atoms with Crippen LogP contribution < -0.4 is 14.9 Å². The van der Waals surface area contributed by atoms with Crippen LogP contribution in [0, 0.1) is 46.4 Å². The first-order chi connectivity index (χ1) is 17.2. The number of nitrogens with one attached hydrogen (secondary N) is 1. The summed E-state index contributed by atoms with van der Waals surface area (Å²) in [4.78, 5) is 12.7. The Morgan fingerprint density at radius 2 is 1.64 bits per heavy atom. The Balaban J connectivity index is 1.22. The molecule has 0 unspecified atom stereocenters. The van der Waals surface area contributed by atoms with E-state index in [0.29, 0.717) is 23.3 Å². The Morgan fingerprint density at radius 1 is 1.03 bits per heavy atom. The fourth-order valence-electron chi connectivity index (χ4n) is 6.88. The highest BCUT2D eigenvalue weighted by Crippen LogP contribution is 2.61. The van der Waals surface area contributed by atoms with Crippen molar-refractivity contribution < 1.29 is 31.8 Å². The van der Waals surface area contributed by atoms with E-state index in [0.717, 1.165) is 37.0 Å². The van der Waals surface area contributed by atoms with Gasteiger partial charge in [0.2, 0.25) is 17.5 Å². The lowest BCUT2D eigenvalue weighted by molar-refractivity contribution is -0.129. The van der Waals surface area contributed by atoms with Gasteiger partial charge < -0.3 is 9.47 Å². The SMILES string of the molecule is COc1ccc(C=NNC(=O)CC23CC4CC(CC(C4)C2)C3)cc1COc1c(F)c(F)cc(F)c1F. The van der Waals surface area contributed by atoms with Crippen LogP contribution in [0.2, 0.25) is 0 Å². The predicted octanol–water partition coefficient (Wildman–Crippen LogP) is 5.89. The molecule has 192 valence electrons. The van der Waals surface area contributed by atoms with Crippen molar-refractivity contribution in [2.24, 2.45) is 28.3 Å². The van der Waals surface area contributed by atoms with Gasteiger partial charge in [-0.3, -0.25) is 4.79 Å². The number of benzene rings is 2. The van der Waals surface area contributed by atoms with E-state index in [-0.39, 0.29) is 17.4 Å². The number of rotatable bonds is 8. The lowest BCUT2D eigenvalue weighted by atomic mass is 9.49. The Morgan fingerprint density at radius 3 is 2.22 bits per heavy atom. The summed E-state index contributed by atoms with van der Waals surface area (Å²) in [5, 5.41) is 4.08. The van der Waals surface area contributed by atoms with Gasteiger partial charge in [-0.15, -0.1) is 0 Å². The number of halogens is 4. The van der Waals surface area contributed by atoms with Crippen molar-refractivity contribution in [2.45, 2.75) is 51.6 Å². The summed E-state index contributed by atoms with van der Waals surface area (Å²) in [6.07, 6.45) is 9.28. The Kier molecular flexibility index (Phi) is 6.66. The number of hydrogen-bond acceptors (Lipinski definition) is 4. The van der Waals surface area contributed by atoms with Gasteiger partial charge in [0.1, 0.15) is 12.4 Å². The van der Waals surface area contributed by atoms with E-state index in [2.05, 4.69) is 10.5 Å². The lowest BCUT2D eigenvalue weighted by Crippen LogP contribution is -2.47. The van der Waals surface area contributed by atoms with Crippen LogP contribution in [0.5, 0.6) is 11.5 Å². The normalized spacial score (nSPS) is 26.4. The highest BCUT2D eigenvalue weighted by molar-refractivity contribution is 5.83. The summed E-state index contributed by atoms with van der Waals surface area (Å²) < 4.78 is 65.1. The fourth-order valence-corrected chi connectivity index (χ4v) is 6.88. The molecular formula is C27H28F4N2O3. The first-order valence-electron chi connectivity index (χ1n) is 12.2. The van der Waals surface area contributed by atoms with Crippen molar-refractivity contribution in [2.75, 3.05) is 7.11 Å². The Hall–Kier alpha value is -3.10. The molecule has 4 bridgehead atoms. The van der Waals surface area contributed by atoms with Gasteiger partial charge >= 0.3 is 0 Å². The second kappa shape index (κ2) is 9.75. The molecule has 4 saturated carbocycles. The monoisotopic (exact) mass is 504 g/mol. The Bertz CT molecular complexity index is 1140. The average Bonchev–Trinajstić information content (AvgIpc) is 2.82. The number of hydrogen-bond donors (Lipinski definition) is 1. The maximum Gasteiger partial charge on any atom is 0.240 e. The zero-order chi connectivity index (χ0) is 25.4. The molecule has 0 aliphatic heterocycles. The molecule has 1 amide bonds. The molecule has 4 aliphatic rings. The fraction of sp³-hybridized carbons (Fsp3) is 0.481. The topological polar surface area (TPSA) is 59.9 Å². The summed E-state index contributed by atoms with van der Waals surface area (Å²) in [7, 11) is 1.40. The van der Waals surface area contributed by atoms with Crippen LogP contribution in [-0.2, 0) is 11.4 Å². The van der Waals surface area contributed by atoms with E-state index in [4.69, 9.17) is 9.47 Å². The first-order valence-corrected chi connectivity index (χ1v) is 12.2. The zero-order valence-electron chi connectivity index (χ0n) is 20.0. The Labute approximate surface area is 206 Å². The number of hydrazone groups is 1. The van der Waals surface area contributed by atoms with E-state index in [1.807, 2.05) is 0 Å². The van der Waals surface area contributed by atoms with Gasteiger partial charge in [0.25, 0.3) is 0 Å². The van der Waals surface area contributed by atoms with Gasteiger partial charge in [-0.05, 0) is 85.5 Å². The highest BCUT2D eigenvalue weighted by Gasteiger charge is 2.51. The van der Waals surface area contributed by atoms with E-state index in [1.54, 1.807) is 18.2 Å². The van der Waals surface area contributed by atoms with Crippen LogP contribution in [0.1, 0.15) is 56.1 Å². The van der Waals surface area contributed by atoms with Gasteiger partial charge in [-0.25, -0.2) is 14.2 Å². The van der Waals surface area contributed by atoms with Gasteiger partial charge in [0, 0.05) is 18.1 Å². The second-order valence-electron chi connectivity index (χ2n) is 10.5. The number of methoxy groups -OCH3 is 1.